The third-order valence-corrected chi connectivity index (χ3v) is 5.73. The van der Waals surface area contributed by atoms with Crippen LogP contribution in [0.15, 0.2) is 48.5 Å². The van der Waals surface area contributed by atoms with Gasteiger partial charge in [0, 0.05) is 24.3 Å². The van der Waals surface area contributed by atoms with Gasteiger partial charge >= 0.3 is 6.03 Å². The van der Waals surface area contributed by atoms with Gasteiger partial charge in [0.05, 0.1) is 21.9 Å². The summed E-state index contributed by atoms with van der Waals surface area (Å²) in [4.78, 5) is 59.8. The third-order valence-electron chi connectivity index (χ3n) is 5.50. The lowest BCUT2D eigenvalue weighted by Crippen LogP contribution is -2.73. The number of carbonyl (C=O) groups excluding carboxylic acids is 3. The molecule has 2 saturated heterocycles. The molecule has 33 heavy (non-hydrogen) atoms. The quantitative estimate of drug-likeness (QED) is 0.218. The minimum Gasteiger partial charge on any atom is -0.354 e. The molecular formula is C19H14N6O7S. The Morgan fingerprint density at radius 3 is 1.61 bits per heavy atom. The summed E-state index contributed by atoms with van der Waals surface area (Å²) in [6.45, 7) is 0. The van der Waals surface area contributed by atoms with E-state index in [1.54, 1.807) is 0 Å². The minimum atomic E-state index is -2.14. The van der Waals surface area contributed by atoms with E-state index in [-0.39, 0.29) is 27.6 Å². The predicted molar refractivity (Wildman–Crippen MR) is 115 cm³/mol. The number of rotatable bonds is 4. The molecule has 2 atom stereocenters. The molecule has 1 spiro atoms. The molecule has 4 N–H and O–H groups in total. The molecule has 168 valence electrons. The molecule has 4 rings (SSSR count). The van der Waals surface area contributed by atoms with Crippen molar-refractivity contribution in [2.75, 3.05) is 0 Å². The van der Waals surface area contributed by atoms with Crippen molar-refractivity contribution in [2.24, 2.45) is 5.41 Å². The van der Waals surface area contributed by atoms with Crippen LogP contribution in [0.4, 0.5) is 16.2 Å². The second-order valence-electron chi connectivity index (χ2n) is 7.29. The van der Waals surface area contributed by atoms with Gasteiger partial charge in [0.1, 0.15) is 0 Å². The number of thiocarbonyl (C=S) groups is 1. The van der Waals surface area contributed by atoms with Gasteiger partial charge in [-0.25, -0.2) is 4.79 Å². The molecule has 0 bridgehead atoms. The van der Waals surface area contributed by atoms with Gasteiger partial charge in [-0.05, 0) is 23.3 Å². The molecule has 2 aliphatic heterocycles. The number of hydrogen-bond donors (Lipinski definition) is 4. The highest BCUT2D eigenvalue weighted by Gasteiger charge is 2.64. The monoisotopic (exact) mass is 470 g/mol. The van der Waals surface area contributed by atoms with E-state index in [2.05, 4.69) is 21.3 Å². The van der Waals surface area contributed by atoms with Crippen LogP contribution in [0.25, 0.3) is 0 Å². The maximum atomic E-state index is 13.3. The summed E-state index contributed by atoms with van der Waals surface area (Å²) in [5.74, 6) is -2.02. The number of non-ortho nitro benzene ring substituents is 2. The smallest absolute Gasteiger partial charge is 0.328 e. The normalized spacial score (nSPS) is 21.5. The highest BCUT2D eigenvalue weighted by Crippen LogP contribution is 2.49. The number of nitro groups is 2. The lowest BCUT2D eigenvalue weighted by atomic mass is 9.65. The standard InChI is InChI=1S/C19H14N6O7S/c26-15-19(16(27)23-17(28)22-15)13(9-3-1-5-11(7-9)24(29)30)20-18(33)21-14(19)10-4-2-6-12(8-10)25(31)32/h1-8,13-14H,(H2,20,21,33)(H2,22,23,26,27,28)/t13-,14-/m0/s1. The van der Waals surface area contributed by atoms with Crippen molar-refractivity contribution in [3.8, 4) is 0 Å². The van der Waals surface area contributed by atoms with Crippen molar-refractivity contribution in [1.29, 1.82) is 0 Å². The molecule has 2 aliphatic rings. The Labute approximate surface area is 189 Å². The van der Waals surface area contributed by atoms with Crippen molar-refractivity contribution in [3.63, 3.8) is 0 Å². The molecule has 0 unspecified atom stereocenters. The number of nitrogens with zero attached hydrogens (tertiary/aromatic N) is 2. The number of nitro benzene ring substituents is 2. The highest BCUT2D eigenvalue weighted by atomic mass is 32.1. The SMILES string of the molecule is O=C1NC(=O)C2(C(=O)N1)[C@H](c1cccc([N+](=O)[O-])c1)NC(=S)N[C@H]2c1cccc([N+](=O)[O-])c1. The van der Waals surface area contributed by atoms with E-state index in [9.17, 15) is 34.6 Å². The summed E-state index contributed by atoms with van der Waals surface area (Å²) in [6, 6.07) is 6.93. The molecule has 2 heterocycles. The number of benzene rings is 2. The van der Waals surface area contributed by atoms with Crippen molar-refractivity contribution >= 4 is 46.6 Å². The van der Waals surface area contributed by atoms with Gasteiger partial charge in [0.2, 0.25) is 11.8 Å². The first kappa shape index (κ1) is 21.8. The van der Waals surface area contributed by atoms with Gasteiger partial charge in [0.25, 0.3) is 11.4 Å². The molecule has 14 heteroatoms. The summed E-state index contributed by atoms with van der Waals surface area (Å²) < 4.78 is 0. The van der Waals surface area contributed by atoms with Crippen molar-refractivity contribution in [2.45, 2.75) is 12.1 Å². The van der Waals surface area contributed by atoms with Crippen LogP contribution in [0, 0.1) is 25.6 Å². The Balaban J connectivity index is 1.96. The molecule has 2 fully saturated rings. The number of barbiturate groups is 1. The zero-order valence-corrected chi connectivity index (χ0v) is 17.3. The Morgan fingerprint density at radius 2 is 1.21 bits per heavy atom. The molecule has 0 radical (unpaired) electrons. The zero-order chi connectivity index (χ0) is 23.9. The summed E-state index contributed by atoms with van der Waals surface area (Å²) in [6.07, 6.45) is 0. The van der Waals surface area contributed by atoms with Gasteiger partial charge in [-0.1, -0.05) is 24.3 Å². The molecule has 2 aromatic carbocycles. The molecule has 0 saturated carbocycles. The van der Waals surface area contributed by atoms with Crippen molar-refractivity contribution < 1.29 is 24.2 Å². The van der Waals surface area contributed by atoms with Crippen LogP contribution >= 0.6 is 12.2 Å². The largest absolute Gasteiger partial charge is 0.354 e. The minimum absolute atomic E-state index is 0.00821. The molecule has 4 amide bonds. The summed E-state index contributed by atoms with van der Waals surface area (Å²) in [5.41, 5.74) is -2.39. The zero-order valence-electron chi connectivity index (χ0n) is 16.4. The lowest BCUT2D eigenvalue weighted by Gasteiger charge is -2.49. The molecule has 2 aromatic rings. The maximum Gasteiger partial charge on any atom is 0.328 e. The van der Waals surface area contributed by atoms with Crippen molar-refractivity contribution in [3.05, 3.63) is 79.9 Å². The molecule has 0 aromatic heterocycles. The average Bonchev–Trinajstić information content (AvgIpc) is 2.77. The van der Waals surface area contributed by atoms with Gasteiger partial charge in [-0.15, -0.1) is 0 Å². The second kappa shape index (κ2) is 7.90. The first-order chi connectivity index (χ1) is 15.6. The fourth-order valence-electron chi connectivity index (χ4n) is 4.10. The van der Waals surface area contributed by atoms with Gasteiger partial charge in [0.15, 0.2) is 10.5 Å². The van der Waals surface area contributed by atoms with Crippen LogP contribution in [-0.2, 0) is 9.59 Å². The molecule has 0 aliphatic carbocycles. The van der Waals surface area contributed by atoms with E-state index in [1.165, 1.54) is 48.5 Å². The van der Waals surface area contributed by atoms with Crippen LogP contribution in [0.5, 0.6) is 0 Å². The second-order valence-corrected chi connectivity index (χ2v) is 7.70. The van der Waals surface area contributed by atoms with E-state index < -0.39 is 45.2 Å². The van der Waals surface area contributed by atoms with Gasteiger partial charge < -0.3 is 10.6 Å². The van der Waals surface area contributed by atoms with Crippen LogP contribution < -0.4 is 21.3 Å². The van der Waals surface area contributed by atoms with E-state index in [1.807, 2.05) is 0 Å². The van der Waals surface area contributed by atoms with E-state index in [4.69, 9.17) is 12.2 Å². The van der Waals surface area contributed by atoms with Crippen LogP contribution in [0.2, 0.25) is 0 Å². The van der Waals surface area contributed by atoms with Crippen molar-refractivity contribution in [1.82, 2.24) is 21.3 Å². The number of imide groups is 2. The Bertz CT molecular complexity index is 1160. The number of amides is 4. The molecule has 13 nitrogen and oxygen atoms in total. The fraction of sp³-hybridized carbons (Fsp3) is 0.158. The van der Waals surface area contributed by atoms with E-state index in [0.717, 1.165) is 0 Å². The Morgan fingerprint density at radius 1 is 0.788 bits per heavy atom. The Hall–Kier alpha value is -4.46. The summed E-state index contributed by atoms with van der Waals surface area (Å²) >= 11 is 5.26. The highest BCUT2D eigenvalue weighted by molar-refractivity contribution is 7.80. The Kier molecular flexibility index (Phi) is 5.21. The first-order valence-electron chi connectivity index (χ1n) is 9.37. The van der Waals surface area contributed by atoms with Crippen LogP contribution in [0.3, 0.4) is 0 Å². The first-order valence-corrected chi connectivity index (χ1v) is 9.78. The summed E-state index contributed by atoms with van der Waals surface area (Å²) in [5, 5.41) is 32.3. The molecular weight excluding hydrogens is 456 g/mol. The lowest BCUT2D eigenvalue weighted by molar-refractivity contribution is -0.385. The number of nitrogens with one attached hydrogen (secondary N) is 4. The number of carbonyl (C=O) groups is 3. The number of urea groups is 1. The van der Waals surface area contributed by atoms with E-state index in [0.29, 0.717) is 0 Å². The van der Waals surface area contributed by atoms with E-state index >= 15 is 0 Å². The number of hydrogen-bond acceptors (Lipinski definition) is 8. The summed E-state index contributed by atoms with van der Waals surface area (Å²) in [7, 11) is 0. The van der Waals surface area contributed by atoms with Gasteiger partial charge in [-0.3, -0.25) is 40.5 Å². The van der Waals surface area contributed by atoms with Crippen LogP contribution in [0.1, 0.15) is 23.2 Å². The predicted octanol–water partition coefficient (Wildman–Crippen LogP) is 1.12. The third kappa shape index (κ3) is 3.51. The van der Waals surface area contributed by atoms with Crippen LogP contribution in [-0.4, -0.2) is 32.8 Å². The van der Waals surface area contributed by atoms with Gasteiger partial charge in [-0.2, -0.15) is 0 Å². The average molecular weight is 470 g/mol. The fourth-order valence-corrected chi connectivity index (χ4v) is 4.33. The maximum absolute atomic E-state index is 13.3. The topological polar surface area (TPSA) is 186 Å².